The van der Waals surface area contributed by atoms with Crippen molar-refractivity contribution >= 4 is 52.0 Å². The molecule has 0 atom stereocenters. The second-order valence-electron chi connectivity index (χ2n) is 9.66. The Morgan fingerprint density at radius 3 is 2.43 bits per heavy atom. The van der Waals surface area contributed by atoms with Crippen LogP contribution in [0.25, 0.3) is 17.1 Å². The Bertz CT molecular complexity index is 1760. The van der Waals surface area contributed by atoms with E-state index < -0.39 is 36.7 Å². The zero-order chi connectivity index (χ0) is 33.1. The van der Waals surface area contributed by atoms with Gasteiger partial charge < -0.3 is 10.1 Å². The maximum Gasteiger partial charge on any atom is 0.446 e. The molecule has 3 aromatic carbocycles. The van der Waals surface area contributed by atoms with Crippen molar-refractivity contribution in [3.8, 4) is 22.8 Å². The van der Waals surface area contributed by atoms with Crippen LogP contribution in [-0.4, -0.2) is 55.9 Å². The summed E-state index contributed by atoms with van der Waals surface area (Å²) in [7, 11) is 0. The van der Waals surface area contributed by atoms with Gasteiger partial charge in [-0.25, -0.2) is 14.5 Å². The highest BCUT2D eigenvalue weighted by atomic mass is 32.2. The van der Waals surface area contributed by atoms with Gasteiger partial charge in [-0.05, 0) is 84.9 Å². The fourth-order valence-corrected chi connectivity index (χ4v) is 5.54. The van der Waals surface area contributed by atoms with Crippen LogP contribution in [0.4, 0.5) is 42.5 Å². The summed E-state index contributed by atoms with van der Waals surface area (Å²) in [6.07, 6.45) is -4.17. The average molecular weight is 681 g/mol. The molecule has 1 fully saturated rings. The van der Waals surface area contributed by atoms with Crippen LogP contribution in [0.1, 0.15) is 12.0 Å². The van der Waals surface area contributed by atoms with Gasteiger partial charge in [0.1, 0.15) is 12.1 Å². The Kier molecular flexibility index (Phi) is 9.62. The van der Waals surface area contributed by atoms with E-state index in [4.69, 9.17) is 4.74 Å². The van der Waals surface area contributed by atoms with Gasteiger partial charge in [0, 0.05) is 16.1 Å². The molecule has 9 nitrogen and oxygen atoms in total. The number of rotatable bonds is 8. The van der Waals surface area contributed by atoms with E-state index in [2.05, 4.69) is 20.4 Å². The van der Waals surface area contributed by atoms with Crippen molar-refractivity contribution in [2.24, 2.45) is 4.99 Å². The number of anilines is 2. The van der Waals surface area contributed by atoms with Crippen molar-refractivity contribution in [3.63, 3.8) is 0 Å². The first-order chi connectivity index (χ1) is 21.7. The maximum atomic E-state index is 12.8. The molecule has 4 aromatic rings. The number of nitrogens with zero attached hydrogens (tertiary/aromatic N) is 5. The molecule has 0 spiro atoms. The lowest BCUT2D eigenvalue weighted by Crippen LogP contribution is -2.31. The summed E-state index contributed by atoms with van der Waals surface area (Å²) in [6, 6.07) is 16.0. The first-order valence-corrected chi connectivity index (χ1v) is 15.1. The number of carbonyl (C=O) groups is 2. The molecule has 0 unspecified atom stereocenters. The fourth-order valence-electron chi connectivity index (χ4n) is 4.14. The predicted octanol–water partition coefficient (Wildman–Crippen LogP) is 7.85. The van der Waals surface area contributed by atoms with Gasteiger partial charge in [0.2, 0.25) is 5.91 Å². The highest BCUT2D eigenvalue weighted by Crippen LogP contribution is 2.37. The number of ether oxygens (including phenoxy) is 1. The third-order valence-electron chi connectivity index (χ3n) is 6.18. The number of benzene rings is 3. The van der Waals surface area contributed by atoms with E-state index in [1.807, 2.05) is 0 Å². The third-order valence-corrected chi connectivity index (χ3v) is 7.84. The lowest BCUT2D eigenvalue weighted by molar-refractivity contribution is -0.139. The quantitative estimate of drug-likeness (QED) is 0.149. The van der Waals surface area contributed by atoms with Crippen molar-refractivity contribution in [3.05, 3.63) is 78.6 Å². The topological polar surface area (TPSA) is 102 Å². The number of alkyl halides is 6. The molecule has 1 saturated heterocycles. The summed E-state index contributed by atoms with van der Waals surface area (Å²) in [4.78, 5) is 35.0. The first kappa shape index (κ1) is 32.9. The number of halogens is 6. The van der Waals surface area contributed by atoms with Crippen molar-refractivity contribution in [1.29, 1.82) is 0 Å². The number of aryl methyl sites for hydroxylation is 1. The normalized spacial score (nSPS) is 14.6. The van der Waals surface area contributed by atoms with Gasteiger partial charge in [0.15, 0.2) is 11.0 Å². The van der Waals surface area contributed by atoms with Crippen LogP contribution in [0, 0.1) is 6.92 Å². The molecule has 5 rings (SSSR count). The van der Waals surface area contributed by atoms with Gasteiger partial charge in [-0.1, -0.05) is 17.8 Å². The van der Waals surface area contributed by atoms with E-state index >= 15 is 0 Å². The molecule has 1 N–H and O–H groups in total. The van der Waals surface area contributed by atoms with E-state index in [0.29, 0.717) is 28.3 Å². The summed E-state index contributed by atoms with van der Waals surface area (Å²) in [5, 5.41) is 7.00. The van der Waals surface area contributed by atoms with Crippen LogP contribution in [0.15, 0.2) is 82.9 Å². The van der Waals surface area contributed by atoms with Gasteiger partial charge in [-0.3, -0.25) is 9.69 Å². The minimum atomic E-state index is -4.41. The number of amides is 3. The van der Waals surface area contributed by atoms with Crippen molar-refractivity contribution in [1.82, 2.24) is 14.8 Å². The summed E-state index contributed by atoms with van der Waals surface area (Å²) in [5.41, 5.74) is -2.03. The van der Waals surface area contributed by atoms with Crippen molar-refractivity contribution < 1.29 is 40.7 Å². The Morgan fingerprint density at radius 1 is 1.04 bits per heavy atom. The predicted molar refractivity (Wildman–Crippen MR) is 162 cm³/mol. The number of hydrogen-bond donors (Lipinski definition) is 1. The molecule has 240 valence electrons. The molecule has 0 bridgehead atoms. The van der Waals surface area contributed by atoms with Crippen LogP contribution in [-0.2, 0) is 4.79 Å². The minimum Gasteiger partial charge on any atom is -0.491 e. The molecule has 3 amide bonds. The average Bonchev–Trinajstić information content (AvgIpc) is 3.60. The number of urea groups is 1. The Labute approximate surface area is 266 Å². The molecular weight excluding hydrogens is 658 g/mol. The molecule has 46 heavy (non-hydrogen) atoms. The Hall–Kier alpha value is -4.51. The second-order valence-corrected chi connectivity index (χ2v) is 11.7. The van der Waals surface area contributed by atoms with Crippen LogP contribution < -0.4 is 15.0 Å². The molecule has 1 aliphatic rings. The molecule has 17 heteroatoms. The molecule has 1 aliphatic heterocycles. The van der Waals surface area contributed by atoms with E-state index in [9.17, 15) is 35.9 Å². The maximum absolute atomic E-state index is 12.8. The molecule has 2 heterocycles. The van der Waals surface area contributed by atoms with Gasteiger partial charge >= 0.3 is 17.7 Å². The number of thioether (sulfide) groups is 2. The summed E-state index contributed by atoms with van der Waals surface area (Å²) in [5.74, 6) is -0.0829. The zero-order valence-electron chi connectivity index (χ0n) is 23.6. The minimum absolute atomic E-state index is 0.0326. The third kappa shape index (κ3) is 8.60. The lowest BCUT2D eigenvalue weighted by Gasteiger charge is -2.20. The van der Waals surface area contributed by atoms with E-state index in [1.165, 1.54) is 41.3 Å². The molecular formula is C29H22F6N6O3S2. The van der Waals surface area contributed by atoms with E-state index in [1.54, 1.807) is 43.3 Å². The number of aromatic nitrogens is 3. The monoisotopic (exact) mass is 680 g/mol. The van der Waals surface area contributed by atoms with Gasteiger partial charge in [0.25, 0.3) is 0 Å². The smallest absolute Gasteiger partial charge is 0.446 e. The Balaban J connectivity index is 1.26. The largest absolute Gasteiger partial charge is 0.491 e. The lowest BCUT2D eigenvalue weighted by atomic mass is 10.2. The van der Waals surface area contributed by atoms with Gasteiger partial charge in [-0.2, -0.15) is 31.3 Å². The van der Waals surface area contributed by atoms with E-state index in [-0.39, 0.29) is 39.0 Å². The first-order valence-electron chi connectivity index (χ1n) is 13.3. The van der Waals surface area contributed by atoms with Crippen LogP contribution in [0.5, 0.6) is 5.75 Å². The molecule has 0 saturated carbocycles. The van der Waals surface area contributed by atoms with E-state index in [0.717, 1.165) is 16.7 Å². The van der Waals surface area contributed by atoms with Crippen molar-refractivity contribution in [2.75, 3.05) is 22.6 Å². The second kappa shape index (κ2) is 13.5. The number of amidine groups is 1. The summed E-state index contributed by atoms with van der Waals surface area (Å²) < 4.78 is 82.5. The fraction of sp³-hybridized carbons (Fsp3) is 0.207. The highest BCUT2D eigenvalue weighted by molar-refractivity contribution is 8.15. The van der Waals surface area contributed by atoms with Gasteiger partial charge in [-0.15, -0.1) is 5.10 Å². The standard InChI is InChI=1S/C29H22F6N6O3S2/c1-17-2-11-23(44-13-12-28(30,31)32)22(14-17)41-24(42)15-45-27(41)38-26(43)37-19-5-3-18(4-6-19)25-36-16-40(39-25)20-7-9-21(10-8-20)46-29(33,34)35/h2-11,14,16H,12-13,15H2,1H3,(H,37,43)/b38-27-. The highest BCUT2D eigenvalue weighted by Gasteiger charge is 2.33. The zero-order valence-corrected chi connectivity index (χ0v) is 25.2. The number of carbonyl (C=O) groups excluding carboxylic acids is 2. The van der Waals surface area contributed by atoms with Crippen molar-refractivity contribution in [2.45, 2.75) is 29.9 Å². The van der Waals surface area contributed by atoms with Crippen LogP contribution >= 0.6 is 23.5 Å². The van der Waals surface area contributed by atoms with Crippen LogP contribution in [0.3, 0.4) is 0 Å². The number of nitrogens with one attached hydrogen (secondary N) is 1. The molecule has 0 aliphatic carbocycles. The number of aliphatic imine (C=N–C) groups is 1. The number of hydrogen-bond acceptors (Lipinski definition) is 7. The summed E-state index contributed by atoms with van der Waals surface area (Å²) >= 11 is 0.784. The molecule has 0 radical (unpaired) electrons. The van der Waals surface area contributed by atoms with Gasteiger partial charge in [0.05, 0.1) is 30.2 Å². The SMILES string of the molecule is Cc1ccc(OCCC(F)(F)F)c(N2C(=O)CS/C2=N\C(=O)Nc2ccc(-c3ncn(-c4ccc(SC(F)(F)F)cc4)n3)cc2)c1. The Morgan fingerprint density at radius 2 is 1.76 bits per heavy atom. The summed E-state index contributed by atoms with van der Waals surface area (Å²) in [6.45, 7) is 1.09. The molecule has 1 aromatic heterocycles. The van der Waals surface area contributed by atoms with Crippen LogP contribution in [0.2, 0.25) is 0 Å².